The maximum Gasteiger partial charge on any atom is 0.313 e. The quantitative estimate of drug-likeness (QED) is 0.818. The molecule has 2 aromatic carbocycles. The van der Waals surface area contributed by atoms with Crippen LogP contribution in [-0.2, 0) is 16.0 Å². The van der Waals surface area contributed by atoms with Gasteiger partial charge in [0, 0.05) is 6.04 Å². The fraction of sp³-hybridized carbons (Fsp3) is 0.222. The van der Waals surface area contributed by atoms with E-state index in [1.54, 1.807) is 31.4 Å². The molecule has 0 saturated heterocycles. The summed E-state index contributed by atoms with van der Waals surface area (Å²) in [5.41, 5.74) is 1.41. The summed E-state index contributed by atoms with van der Waals surface area (Å²) in [6.07, 6.45) is 0.586. The van der Waals surface area contributed by atoms with Crippen molar-refractivity contribution in [1.82, 2.24) is 5.32 Å². The zero-order valence-corrected chi connectivity index (χ0v) is 14.3. The van der Waals surface area contributed by atoms with Crippen LogP contribution >= 0.6 is 11.6 Å². The number of anilines is 1. The summed E-state index contributed by atoms with van der Waals surface area (Å²) in [4.78, 5) is 23.9. The van der Waals surface area contributed by atoms with Crippen LogP contribution in [0.3, 0.4) is 0 Å². The van der Waals surface area contributed by atoms with E-state index in [4.69, 9.17) is 16.3 Å². The molecule has 0 aliphatic rings. The molecular formula is C18H19ClN2O3. The van der Waals surface area contributed by atoms with Crippen LogP contribution in [0.1, 0.15) is 12.5 Å². The van der Waals surface area contributed by atoms with Gasteiger partial charge in [-0.15, -0.1) is 0 Å². The summed E-state index contributed by atoms with van der Waals surface area (Å²) in [5, 5.41) is 5.54. The molecule has 2 amide bonds. The number of amides is 2. The van der Waals surface area contributed by atoms with E-state index in [0.29, 0.717) is 17.1 Å². The van der Waals surface area contributed by atoms with Crippen molar-refractivity contribution in [1.29, 1.82) is 0 Å². The summed E-state index contributed by atoms with van der Waals surface area (Å²) >= 11 is 5.96. The summed E-state index contributed by atoms with van der Waals surface area (Å²) in [6, 6.07) is 14.1. The first-order valence-corrected chi connectivity index (χ1v) is 7.86. The normalized spacial score (nSPS) is 11.5. The predicted molar refractivity (Wildman–Crippen MR) is 94.4 cm³/mol. The van der Waals surface area contributed by atoms with Crippen LogP contribution in [0.2, 0.25) is 5.02 Å². The Balaban J connectivity index is 1.91. The van der Waals surface area contributed by atoms with Gasteiger partial charge in [-0.1, -0.05) is 35.9 Å². The fourth-order valence-electron chi connectivity index (χ4n) is 2.24. The first-order chi connectivity index (χ1) is 11.5. The number of ether oxygens (including phenoxy) is 1. The molecule has 0 aromatic heterocycles. The molecule has 1 atom stereocenters. The Morgan fingerprint density at radius 2 is 1.88 bits per heavy atom. The Morgan fingerprint density at radius 3 is 2.58 bits per heavy atom. The SMILES string of the molecule is COc1cccc(C[C@@H](C)NC(=O)C(=O)Nc2ccccc2Cl)c1. The molecule has 0 heterocycles. The van der Waals surface area contributed by atoms with Crippen molar-refractivity contribution < 1.29 is 14.3 Å². The third kappa shape index (κ3) is 4.99. The van der Waals surface area contributed by atoms with Gasteiger partial charge in [0.1, 0.15) is 5.75 Å². The van der Waals surface area contributed by atoms with Crippen LogP contribution in [0.5, 0.6) is 5.75 Å². The molecule has 0 bridgehead atoms. The Hall–Kier alpha value is -2.53. The van der Waals surface area contributed by atoms with E-state index in [2.05, 4.69) is 10.6 Å². The van der Waals surface area contributed by atoms with Crippen molar-refractivity contribution in [2.45, 2.75) is 19.4 Å². The van der Waals surface area contributed by atoms with Gasteiger partial charge in [0.25, 0.3) is 0 Å². The summed E-state index contributed by atoms with van der Waals surface area (Å²) < 4.78 is 5.17. The lowest BCUT2D eigenvalue weighted by Gasteiger charge is -2.14. The molecule has 2 aromatic rings. The zero-order chi connectivity index (χ0) is 17.5. The largest absolute Gasteiger partial charge is 0.497 e. The van der Waals surface area contributed by atoms with E-state index in [0.717, 1.165) is 11.3 Å². The van der Waals surface area contributed by atoms with E-state index in [1.165, 1.54) is 0 Å². The van der Waals surface area contributed by atoms with E-state index < -0.39 is 11.8 Å². The van der Waals surface area contributed by atoms with Gasteiger partial charge < -0.3 is 15.4 Å². The number of rotatable bonds is 5. The Kier molecular flexibility index (Phi) is 6.21. The molecule has 24 heavy (non-hydrogen) atoms. The number of halogens is 1. The monoisotopic (exact) mass is 346 g/mol. The van der Waals surface area contributed by atoms with Gasteiger partial charge in [0.05, 0.1) is 17.8 Å². The average molecular weight is 347 g/mol. The highest BCUT2D eigenvalue weighted by molar-refractivity contribution is 6.41. The van der Waals surface area contributed by atoms with Crippen LogP contribution in [0.15, 0.2) is 48.5 Å². The van der Waals surface area contributed by atoms with Gasteiger partial charge in [0.15, 0.2) is 0 Å². The second-order valence-electron chi connectivity index (χ2n) is 5.36. The maximum absolute atomic E-state index is 12.0. The van der Waals surface area contributed by atoms with Crippen LogP contribution in [-0.4, -0.2) is 25.0 Å². The third-order valence-electron chi connectivity index (χ3n) is 3.38. The molecule has 0 aliphatic carbocycles. The Bertz CT molecular complexity index is 734. The van der Waals surface area contributed by atoms with Crippen molar-refractivity contribution >= 4 is 29.1 Å². The molecule has 0 fully saturated rings. The first kappa shape index (κ1) is 17.8. The van der Waals surface area contributed by atoms with Crippen LogP contribution in [0.4, 0.5) is 5.69 Å². The van der Waals surface area contributed by atoms with Gasteiger partial charge in [-0.25, -0.2) is 0 Å². The smallest absolute Gasteiger partial charge is 0.313 e. The maximum atomic E-state index is 12.0. The van der Waals surface area contributed by atoms with E-state index >= 15 is 0 Å². The lowest BCUT2D eigenvalue weighted by atomic mass is 10.1. The standard InChI is InChI=1S/C18H19ClN2O3/c1-12(10-13-6-5-7-14(11-13)24-2)20-17(22)18(23)21-16-9-4-3-8-15(16)19/h3-9,11-12H,10H2,1-2H3,(H,20,22)(H,21,23)/t12-/m1/s1. The van der Waals surface area contributed by atoms with E-state index in [-0.39, 0.29) is 6.04 Å². The number of carbonyl (C=O) groups excluding carboxylic acids is 2. The highest BCUT2D eigenvalue weighted by atomic mass is 35.5. The van der Waals surface area contributed by atoms with Crippen LogP contribution < -0.4 is 15.4 Å². The number of para-hydroxylation sites is 1. The molecule has 0 aliphatic heterocycles. The Labute approximate surface area is 146 Å². The topological polar surface area (TPSA) is 67.4 Å². The van der Waals surface area contributed by atoms with Crippen LogP contribution in [0, 0.1) is 0 Å². The molecule has 0 unspecified atom stereocenters. The lowest BCUT2D eigenvalue weighted by molar-refractivity contribution is -0.136. The van der Waals surface area contributed by atoms with Crippen molar-refractivity contribution in [3.8, 4) is 5.75 Å². The average Bonchev–Trinajstić information content (AvgIpc) is 2.56. The molecule has 5 nitrogen and oxygen atoms in total. The number of methoxy groups -OCH3 is 1. The highest BCUT2D eigenvalue weighted by Gasteiger charge is 2.17. The Morgan fingerprint density at radius 1 is 1.12 bits per heavy atom. The molecular weight excluding hydrogens is 328 g/mol. The number of hydrogen-bond acceptors (Lipinski definition) is 3. The van der Waals surface area contributed by atoms with Gasteiger partial charge in [-0.2, -0.15) is 0 Å². The predicted octanol–water partition coefficient (Wildman–Crippen LogP) is 3.03. The number of benzene rings is 2. The molecule has 2 N–H and O–H groups in total. The summed E-state index contributed by atoms with van der Waals surface area (Å²) in [5.74, 6) is -0.701. The summed E-state index contributed by atoms with van der Waals surface area (Å²) in [7, 11) is 1.60. The van der Waals surface area contributed by atoms with Crippen molar-refractivity contribution in [2.75, 3.05) is 12.4 Å². The third-order valence-corrected chi connectivity index (χ3v) is 3.71. The minimum absolute atomic E-state index is 0.207. The number of hydrogen-bond donors (Lipinski definition) is 2. The van der Waals surface area contributed by atoms with Crippen molar-refractivity contribution in [3.63, 3.8) is 0 Å². The van der Waals surface area contributed by atoms with E-state index in [1.807, 2.05) is 31.2 Å². The number of nitrogens with one attached hydrogen (secondary N) is 2. The zero-order valence-electron chi connectivity index (χ0n) is 13.5. The van der Waals surface area contributed by atoms with Gasteiger partial charge >= 0.3 is 11.8 Å². The van der Waals surface area contributed by atoms with Gasteiger partial charge in [0.2, 0.25) is 0 Å². The minimum atomic E-state index is -0.749. The minimum Gasteiger partial charge on any atom is -0.497 e. The molecule has 126 valence electrons. The van der Waals surface area contributed by atoms with Crippen molar-refractivity contribution in [3.05, 3.63) is 59.1 Å². The highest BCUT2D eigenvalue weighted by Crippen LogP contribution is 2.20. The van der Waals surface area contributed by atoms with Crippen molar-refractivity contribution in [2.24, 2.45) is 0 Å². The van der Waals surface area contributed by atoms with Gasteiger partial charge in [-0.3, -0.25) is 9.59 Å². The molecule has 0 saturated carbocycles. The molecule has 6 heteroatoms. The molecule has 0 spiro atoms. The van der Waals surface area contributed by atoms with Crippen LogP contribution in [0.25, 0.3) is 0 Å². The fourth-order valence-corrected chi connectivity index (χ4v) is 2.42. The molecule has 2 rings (SSSR count). The van der Waals surface area contributed by atoms with E-state index in [9.17, 15) is 9.59 Å². The van der Waals surface area contributed by atoms with Gasteiger partial charge in [-0.05, 0) is 43.2 Å². The number of carbonyl (C=O) groups is 2. The summed E-state index contributed by atoms with van der Waals surface area (Å²) in [6.45, 7) is 1.83. The molecule has 0 radical (unpaired) electrons. The lowest BCUT2D eigenvalue weighted by Crippen LogP contribution is -2.41. The second-order valence-corrected chi connectivity index (χ2v) is 5.77. The first-order valence-electron chi connectivity index (χ1n) is 7.49. The second kappa shape index (κ2) is 8.36.